The second kappa shape index (κ2) is 5.52. The van der Waals surface area contributed by atoms with Gasteiger partial charge in [0.1, 0.15) is 5.03 Å². The minimum Gasteiger partial charge on any atom is -0.327 e. The first-order valence-corrected chi connectivity index (χ1v) is 7.37. The largest absolute Gasteiger partial charge is 0.327 e. The highest BCUT2D eigenvalue weighted by Crippen LogP contribution is 2.37. The van der Waals surface area contributed by atoms with E-state index in [1.807, 2.05) is 30.1 Å². The molecule has 4 heteroatoms. The molecule has 0 aliphatic heterocycles. The van der Waals surface area contributed by atoms with E-state index in [0.717, 1.165) is 21.8 Å². The van der Waals surface area contributed by atoms with Gasteiger partial charge in [-0.3, -0.25) is 0 Å². The summed E-state index contributed by atoms with van der Waals surface area (Å²) in [5.74, 6) is 0.791. The monoisotopic (exact) mass is 300 g/mol. The molecule has 16 heavy (non-hydrogen) atoms. The molecule has 88 valence electrons. The molecule has 3 atom stereocenters. The van der Waals surface area contributed by atoms with Gasteiger partial charge in [0.05, 0.1) is 0 Å². The van der Waals surface area contributed by atoms with E-state index in [-0.39, 0.29) is 0 Å². The van der Waals surface area contributed by atoms with Gasteiger partial charge in [-0.2, -0.15) is 0 Å². The Balaban J connectivity index is 2.06. The second-order valence-corrected chi connectivity index (χ2v) is 6.61. The maximum atomic E-state index is 6.18. The summed E-state index contributed by atoms with van der Waals surface area (Å²) in [6.45, 7) is 2.31. The van der Waals surface area contributed by atoms with Gasteiger partial charge in [0, 0.05) is 22.0 Å². The summed E-state index contributed by atoms with van der Waals surface area (Å²) in [5.41, 5.74) is 6.18. The fraction of sp³-hybridized carbons (Fsp3) is 0.583. The number of nitrogens with zero attached hydrogens (tertiary/aromatic N) is 1. The van der Waals surface area contributed by atoms with Gasteiger partial charge >= 0.3 is 0 Å². The highest BCUT2D eigenvalue weighted by atomic mass is 79.9. The van der Waals surface area contributed by atoms with Crippen molar-refractivity contribution >= 4 is 27.7 Å². The van der Waals surface area contributed by atoms with Crippen LogP contribution in [0.1, 0.15) is 26.2 Å². The molecule has 1 fully saturated rings. The lowest BCUT2D eigenvalue weighted by Crippen LogP contribution is -2.37. The topological polar surface area (TPSA) is 38.9 Å². The van der Waals surface area contributed by atoms with Gasteiger partial charge in [-0.15, -0.1) is 11.8 Å². The van der Waals surface area contributed by atoms with E-state index in [1.165, 1.54) is 12.8 Å². The van der Waals surface area contributed by atoms with Crippen molar-refractivity contribution in [2.24, 2.45) is 11.7 Å². The minimum absolute atomic E-state index is 0.315. The van der Waals surface area contributed by atoms with Crippen LogP contribution in [-0.2, 0) is 0 Å². The lowest BCUT2D eigenvalue weighted by Gasteiger charge is -2.31. The van der Waals surface area contributed by atoms with E-state index in [2.05, 4.69) is 27.8 Å². The van der Waals surface area contributed by atoms with Crippen molar-refractivity contribution in [2.45, 2.75) is 42.5 Å². The Morgan fingerprint density at radius 1 is 1.50 bits per heavy atom. The fourth-order valence-corrected chi connectivity index (χ4v) is 3.95. The molecule has 1 aromatic heterocycles. The van der Waals surface area contributed by atoms with Crippen LogP contribution in [0.4, 0.5) is 0 Å². The van der Waals surface area contributed by atoms with Gasteiger partial charge < -0.3 is 5.73 Å². The molecule has 0 aromatic carbocycles. The quantitative estimate of drug-likeness (QED) is 0.909. The van der Waals surface area contributed by atoms with Gasteiger partial charge in [-0.1, -0.05) is 6.92 Å². The molecule has 2 nitrogen and oxygen atoms in total. The SMILES string of the molecule is CC1CCC(N)C(Sc2ncccc2Br)C1. The van der Waals surface area contributed by atoms with Crippen molar-refractivity contribution in [2.75, 3.05) is 0 Å². The van der Waals surface area contributed by atoms with E-state index in [0.29, 0.717) is 11.3 Å². The van der Waals surface area contributed by atoms with Gasteiger partial charge in [0.25, 0.3) is 0 Å². The Morgan fingerprint density at radius 3 is 3.06 bits per heavy atom. The molecule has 1 aliphatic carbocycles. The van der Waals surface area contributed by atoms with Crippen LogP contribution in [-0.4, -0.2) is 16.3 Å². The summed E-state index contributed by atoms with van der Waals surface area (Å²) in [7, 11) is 0. The van der Waals surface area contributed by atoms with Crippen LogP contribution in [0, 0.1) is 5.92 Å². The average molecular weight is 301 g/mol. The van der Waals surface area contributed by atoms with Crippen LogP contribution in [0.2, 0.25) is 0 Å². The first-order valence-electron chi connectivity index (χ1n) is 5.69. The van der Waals surface area contributed by atoms with Gasteiger partial charge in [-0.25, -0.2) is 4.98 Å². The maximum Gasteiger partial charge on any atom is 0.110 e. The molecule has 1 aromatic rings. The Hall–Kier alpha value is -0.0600. The number of nitrogens with two attached hydrogens (primary N) is 1. The Bertz CT molecular complexity index is 359. The molecule has 0 spiro atoms. The van der Waals surface area contributed by atoms with Crippen molar-refractivity contribution < 1.29 is 0 Å². The summed E-state index contributed by atoms with van der Waals surface area (Å²) in [5, 5.41) is 1.58. The predicted octanol–water partition coefficient (Wildman–Crippen LogP) is 3.45. The fourth-order valence-electron chi connectivity index (χ4n) is 2.09. The molecule has 0 amide bonds. The van der Waals surface area contributed by atoms with Crippen molar-refractivity contribution in [1.82, 2.24) is 4.98 Å². The lowest BCUT2D eigenvalue weighted by molar-refractivity contribution is 0.357. The van der Waals surface area contributed by atoms with E-state index in [1.54, 1.807) is 0 Å². The van der Waals surface area contributed by atoms with Crippen LogP contribution in [0.25, 0.3) is 0 Å². The van der Waals surface area contributed by atoms with Crippen LogP contribution in [0.5, 0.6) is 0 Å². The molecule has 0 bridgehead atoms. The third-order valence-electron chi connectivity index (χ3n) is 3.09. The number of hydrogen-bond donors (Lipinski definition) is 1. The van der Waals surface area contributed by atoms with Crippen LogP contribution >= 0.6 is 27.7 Å². The number of pyridine rings is 1. The molecule has 0 radical (unpaired) electrons. The third kappa shape index (κ3) is 2.99. The normalized spacial score (nSPS) is 30.3. The second-order valence-electron chi connectivity index (χ2n) is 4.53. The Morgan fingerprint density at radius 2 is 2.31 bits per heavy atom. The van der Waals surface area contributed by atoms with Gasteiger partial charge in [0.15, 0.2) is 0 Å². The zero-order chi connectivity index (χ0) is 11.5. The first kappa shape index (κ1) is 12.4. The van der Waals surface area contributed by atoms with E-state index in [4.69, 9.17) is 5.73 Å². The lowest BCUT2D eigenvalue weighted by atomic mass is 9.87. The van der Waals surface area contributed by atoms with Crippen LogP contribution < -0.4 is 5.73 Å². The molecule has 2 rings (SSSR count). The molecular formula is C12H17BrN2S. The van der Waals surface area contributed by atoms with Crippen molar-refractivity contribution in [3.05, 3.63) is 22.8 Å². The molecule has 1 heterocycles. The summed E-state index contributed by atoms with van der Waals surface area (Å²) >= 11 is 5.35. The van der Waals surface area contributed by atoms with Gasteiger partial charge in [0.2, 0.25) is 0 Å². The Labute approximate surface area is 110 Å². The third-order valence-corrected chi connectivity index (χ3v) is 5.39. The molecular weight excluding hydrogens is 284 g/mol. The smallest absolute Gasteiger partial charge is 0.110 e. The maximum absolute atomic E-state index is 6.18. The van der Waals surface area contributed by atoms with Crippen molar-refractivity contribution in [3.63, 3.8) is 0 Å². The average Bonchev–Trinajstić information content (AvgIpc) is 2.27. The summed E-state index contributed by atoms with van der Waals surface area (Å²) in [6.07, 6.45) is 5.45. The van der Waals surface area contributed by atoms with E-state index < -0.39 is 0 Å². The van der Waals surface area contributed by atoms with Crippen LogP contribution in [0.15, 0.2) is 27.8 Å². The zero-order valence-corrected chi connectivity index (χ0v) is 11.8. The molecule has 2 N–H and O–H groups in total. The first-order chi connectivity index (χ1) is 7.66. The molecule has 1 aliphatic rings. The predicted molar refractivity (Wildman–Crippen MR) is 72.6 cm³/mol. The standard InChI is InChI=1S/C12H17BrN2S/c1-8-4-5-10(14)11(7-8)16-12-9(13)3-2-6-15-12/h2-3,6,8,10-11H,4-5,7,14H2,1H3. The molecule has 0 saturated heterocycles. The van der Waals surface area contributed by atoms with Crippen molar-refractivity contribution in [1.29, 1.82) is 0 Å². The Kier molecular flexibility index (Phi) is 4.27. The highest BCUT2D eigenvalue weighted by Gasteiger charge is 2.27. The van der Waals surface area contributed by atoms with E-state index >= 15 is 0 Å². The van der Waals surface area contributed by atoms with Gasteiger partial charge in [-0.05, 0) is 53.2 Å². The number of hydrogen-bond acceptors (Lipinski definition) is 3. The minimum atomic E-state index is 0.315. The number of aromatic nitrogens is 1. The summed E-state index contributed by atoms with van der Waals surface area (Å²) < 4.78 is 1.07. The summed E-state index contributed by atoms with van der Waals surface area (Å²) in [6, 6.07) is 4.29. The van der Waals surface area contributed by atoms with E-state index in [9.17, 15) is 0 Å². The summed E-state index contributed by atoms with van der Waals surface area (Å²) in [4.78, 5) is 4.39. The molecule has 3 unspecified atom stereocenters. The number of rotatable bonds is 2. The molecule has 1 saturated carbocycles. The van der Waals surface area contributed by atoms with Crippen molar-refractivity contribution in [3.8, 4) is 0 Å². The number of thioether (sulfide) groups is 1. The zero-order valence-electron chi connectivity index (χ0n) is 9.40. The number of halogens is 1. The van der Waals surface area contributed by atoms with Crippen LogP contribution in [0.3, 0.4) is 0 Å². The highest BCUT2D eigenvalue weighted by molar-refractivity contribution is 9.10.